The lowest BCUT2D eigenvalue weighted by molar-refractivity contribution is -0.131. The summed E-state index contributed by atoms with van der Waals surface area (Å²) in [6.07, 6.45) is 5.62. The van der Waals surface area contributed by atoms with Gasteiger partial charge in [0, 0.05) is 23.6 Å². The molecule has 2 heterocycles. The second-order valence-corrected chi connectivity index (χ2v) is 7.95. The number of pyridine rings is 1. The first-order chi connectivity index (χ1) is 13.7. The highest BCUT2D eigenvalue weighted by molar-refractivity contribution is 7.99. The predicted octanol–water partition coefficient (Wildman–Crippen LogP) is 4.72. The Hall–Kier alpha value is -2.60. The summed E-state index contributed by atoms with van der Waals surface area (Å²) >= 11 is 1.57. The number of nitrogens with zero attached hydrogens (tertiary/aromatic N) is 3. The van der Waals surface area contributed by atoms with Crippen LogP contribution in [0.4, 0.5) is 0 Å². The standard InChI is InChI=1S/C22H23N3O2S/c1-16(20-9-5-6-12-23-20)25(19-10-11-19)21(26)15-28-14-18-13-27-22(24-18)17-7-3-2-4-8-17/h2-9,12-13,16,19H,10-11,14-15H2,1H3. The van der Waals surface area contributed by atoms with Crippen molar-refractivity contribution in [3.63, 3.8) is 0 Å². The van der Waals surface area contributed by atoms with Crippen LogP contribution in [0.15, 0.2) is 65.4 Å². The third-order valence-electron chi connectivity index (χ3n) is 4.81. The summed E-state index contributed by atoms with van der Waals surface area (Å²) in [6, 6.07) is 16.0. The molecule has 144 valence electrons. The zero-order chi connectivity index (χ0) is 19.3. The van der Waals surface area contributed by atoms with Gasteiger partial charge >= 0.3 is 0 Å². The number of amides is 1. The first-order valence-corrected chi connectivity index (χ1v) is 10.7. The van der Waals surface area contributed by atoms with E-state index in [0.29, 0.717) is 23.4 Å². The van der Waals surface area contributed by atoms with E-state index < -0.39 is 0 Å². The van der Waals surface area contributed by atoms with Gasteiger partial charge < -0.3 is 9.32 Å². The molecule has 1 aliphatic carbocycles. The smallest absolute Gasteiger partial charge is 0.233 e. The largest absolute Gasteiger partial charge is 0.444 e. The Morgan fingerprint density at radius 1 is 1.21 bits per heavy atom. The lowest BCUT2D eigenvalue weighted by Crippen LogP contribution is -2.37. The molecule has 6 heteroatoms. The molecule has 0 aliphatic heterocycles. The molecule has 1 atom stereocenters. The maximum atomic E-state index is 12.9. The first-order valence-electron chi connectivity index (χ1n) is 9.52. The number of thioether (sulfide) groups is 1. The number of aromatic nitrogens is 2. The van der Waals surface area contributed by atoms with Gasteiger partial charge in [-0.3, -0.25) is 9.78 Å². The molecular weight excluding hydrogens is 370 g/mol. The van der Waals surface area contributed by atoms with Crippen molar-refractivity contribution in [2.45, 2.75) is 37.6 Å². The summed E-state index contributed by atoms with van der Waals surface area (Å²) in [7, 11) is 0. The molecule has 28 heavy (non-hydrogen) atoms. The summed E-state index contributed by atoms with van der Waals surface area (Å²) in [6.45, 7) is 2.06. The maximum absolute atomic E-state index is 12.9. The van der Waals surface area contributed by atoms with Crippen molar-refractivity contribution < 1.29 is 9.21 Å². The molecular formula is C22H23N3O2S. The van der Waals surface area contributed by atoms with Gasteiger partial charge in [0.15, 0.2) is 0 Å². The fourth-order valence-electron chi connectivity index (χ4n) is 3.26. The van der Waals surface area contributed by atoms with Gasteiger partial charge in [-0.15, -0.1) is 11.8 Å². The zero-order valence-electron chi connectivity index (χ0n) is 15.8. The van der Waals surface area contributed by atoms with Crippen LogP contribution in [0.3, 0.4) is 0 Å². The Morgan fingerprint density at radius 3 is 2.71 bits per heavy atom. The molecule has 3 aromatic rings. The van der Waals surface area contributed by atoms with Gasteiger partial charge in [-0.05, 0) is 44.0 Å². The topological polar surface area (TPSA) is 59.2 Å². The van der Waals surface area contributed by atoms with E-state index in [1.807, 2.05) is 53.4 Å². The third-order valence-corrected chi connectivity index (χ3v) is 5.76. The van der Waals surface area contributed by atoms with Crippen molar-refractivity contribution in [3.8, 4) is 11.5 Å². The molecule has 0 radical (unpaired) electrons. The van der Waals surface area contributed by atoms with Crippen molar-refractivity contribution in [3.05, 3.63) is 72.4 Å². The molecule has 0 saturated heterocycles. The van der Waals surface area contributed by atoms with Crippen LogP contribution in [0.2, 0.25) is 0 Å². The minimum atomic E-state index is -0.00136. The van der Waals surface area contributed by atoms with Crippen LogP contribution >= 0.6 is 11.8 Å². The monoisotopic (exact) mass is 393 g/mol. The highest BCUT2D eigenvalue weighted by Gasteiger charge is 2.36. The number of oxazole rings is 1. The molecule has 1 amide bonds. The van der Waals surface area contributed by atoms with Crippen molar-refractivity contribution in [2.24, 2.45) is 0 Å². The van der Waals surface area contributed by atoms with Gasteiger partial charge in [0.25, 0.3) is 0 Å². The van der Waals surface area contributed by atoms with Crippen molar-refractivity contribution >= 4 is 17.7 Å². The van der Waals surface area contributed by atoms with Crippen LogP contribution in [0.5, 0.6) is 0 Å². The molecule has 5 nitrogen and oxygen atoms in total. The summed E-state index contributed by atoms with van der Waals surface area (Å²) in [5.74, 6) is 1.86. The minimum absolute atomic E-state index is 0.00136. The molecule has 0 spiro atoms. The fourth-order valence-corrected chi connectivity index (χ4v) is 4.03. The maximum Gasteiger partial charge on any atom is 0.233 e. The van der Waals surface area contributed by atoms with E-state index >= 15 is 0 Å². The Morgan fingerprint density at radius 2 is 2.00 bits per heavy atom. The van der Waals surface area contributed by atoms with E-state index in [9.17, 15) is 4.79 Å². The number of carbonyl (C=O) groups excluding carboxylic acids is 1. The number of benzene rings is 1. The highest BCUT2D eigenvalue weighted by atomic mass is 32.2. The van der Waals surface area contributed by atoms with E-state index in [2.05, 4.69) is 16.9 Å². The Bertz CT molecular complexity index is 910. The van der Waals surface area contributed by atoms with Crippen molar-refractivity contribution in [1.29, 1.82) is 0 Å². The van der Waals surface area contributed by atoms with Crippen molar-refractivity contribution in [1.82, 2.24) is 14.9 Å². The lowest BCUT2D eigenvalue weighted by atomic mass is 10.1. The van der Waals surface area contributed by atoms with Crippen LogP contribution in [0.1, 0.15) is 37.2 Å². The van der Waals surface area contributed by atoms with Gasteiger partial charge in [0.05, 0.1) is 23.2 Å². The number of rotatable bonds is 8. The van der Waals surface area contributed by atoms with Crippen molar-refractivity contribution in [2.75, 3.05) is 5.75 Å². The minimum Gasteiger partial charge on any atom is -0.444 e. The average Bonchev–Trinajstić information content (AvgIpc) is 3.45. The predicted molar refractivity (Wildman–Crippen MR) is 111 cm³/mol. The fraction of sp³-hybridized carbons (Fsp3) is 0.318. The second kappa shape index (κ2) is 8.61. The van der Waals surface area contributed by atoms with Crippen LogP contribution in [-0.2, 0) is 10.5 Å². The lowest BCUT2D eigenvalue weighted by Gasteiger charge is -2.29. The van der Waals surface area contributed by atoms with Gasteiger partial charge in [0.1, 0.15) is 6.26 Å². The molecule has 1 aliphatic rings. The molecule has 0 bridgehead atoms. The highest BCUT2D eigenvalue weighted by Crippen LogP contribution is 2.34. The summed E-state index contributed by atoms with van der Waals surface area (Å²) < 4.78 is 5.57. The first kappa shape index (κ1) is 18.7. The quantitative estimate of drug-likeness (QED) is 0.554. The van der Waals surface area contributed by atoms with Crippen LogP contribution in [0.25, 0.3) is 11.5 Å². The Balaban J connectivity index is 1.34. The SMILES string of the molecule is CC(c1ccccn1)N(C(=O)CSCc1coc(-c2ccccc2)n1)C1CC1. The van der Waals surface area contributed by atoms with Crippen LogP contribution in [0, 0.1) is 0 Å². The van der Waals surface area contributed by atoms with Crippen LogP contribution < -0.4 is 0 Å². The molecule has 1 saturated carbocycles. The van der Waals surface area contributed by atoms with E-state index in [1.165, 1.54) is 0 Å². The summed E-state index contributed by atoms with van der Waals surface area (Å²) in [4.78, 5) is 23.9. The second-order valence-electron chi connectivity index (χ2n) is 6.97. The molecule has 1 unspecified atom stereocenters. The van der Waals surface area contributed by atoms with Crippen LogP contribution in [-0.4, -0.2) is 32.6 Å². The zero-order valence-corrected chi connectivity index (χ0v) is 16.6. The number of carbonyl (C=O) groups is 1. The van der Waals surface area contributed by atoms with E-state index in [4.69, 9.17) is 4.42 Å². The number of hydrogen-bond donors (Lipinski definition) is 0. The Labute approximate surface area is 169 Å². The molecule has 1 fully saturated rings. The normalized spacial score (nSPS) is 14.6. The van der Waals surface area contributed by atoms with Gasteiger partial charge in [-0.1, -0.05) is 24.3 Å². The van der Waals surface area contributed by atoms with E-state index in [1.54, 1.807) is 24.2 Å². The molecule has 1 aromatic carbocycles. The molecule has 4 rings (SSSR count). The van der Waals surface area contributed by atoms with Gasteiger partial charge in [0.2, 0.25) is 11.8 Å². The molecule has 2 aromatic heterocycles. The molecule has 0 N–H and O–H groups in total. The third kappa shape index (κ3) is 4.44. The summed E-state index contributed by atoms with van der Waals surface area (Å²) in [5, 5.41) is 0. The average molecular weight is 394 g/mol. The number of hydrogen-bond acceptors (Lipinski definition) is 5. The van der Waals surface area contributed by atoms with E-state index in [0.717, 1.165) is 29.8 Å². The summed E-state index contributed by atoms with van der Waals surface area (Å²) in [5.41, 5.74) is 2.75. The Kier molecular flexibility index (Phi) is 5.76. The van der Waals surface area contributed by atoms with E-state index in [-0.39, 0.29) is 11.9 Å². The van der Waals surface area contributed by atoms with Gasteiger partial charge in [-0.25, -0.2) is 4.98 Å². The van der Waals surface area contributed by atoms with Gasteiger partial charge in [-0.2, -0.15) is 0 Å².